The summed E-state index contributed by atoms with van der Waals surface area (Å²) in [4.78, 5) is 25.1. The summed E-state index contributed by atoms with van der Waals surface area (Å²) < 4.78 is 5.22. The number of amides is 2. The zero-order valence-corrected chi connectivity index (χ0v) is 10.3. The van der Waals surface area contributed by atoms with E-state index in [1.54, 1.807) is 36.6 Å². The van der Waals surface area contributed by atoms with Gasteiger partial charge in [0.15, 0.2) is 0 Å². The van der Waals surface area contributed by atoms with Gasteiger partial charge in [-0.15, -0.1) is 0 Å². The van der Waals surface area contributed by atoms with Gasteiger partial charge >= 0.3 is 0 Å². The van der Waals surface area contributed by atoms with Crippen LogP contribution in [0.5, 0.6) is 0 Å². The molecule has 2 heterocycles. The molecule has 4 nitrogen and oxygen atoms in total. The van der Waals surface area contributed by atoms with Crippen LogP contribution >= 0.6 is 0 Å². The normalized spacial score (nSPS) is 15.9. The summed E-state index contributed by atoms with van der Waals surface area (Å²) in [6, 6.07) is 10.7. The van der Waals surface area contributed by atoms with Crippen LogP contribution in [0.2, 0.25) is 0 Å². The quantitative estimate of drug-likeness (QED) is 0.734. The van der Waals surface area contributed by atoms with E-state index in [9.17, 15) is 9.59 Å². The molecule has 0 fully saturated rings. The number of hydrogen-bond acceptors (Lipinski definition) is 3. The summed E-state index contributed by atoms with van der Waals surface area (Å²) >= 11 is 0. The van der Waals surface area contributed by atoms with Crippen molar-refractivity contribution in [3.05, 3.63) is 54.0 Å². The van der Waals surface area contributed by atoms with Crippen LogP contribution < -0.4 is 4.90 Å². The van der Waals surface area contributed by atoms with Crippen molar-refractivity contribution in [2.24, 2.45) is 0 Å². The van der Waals surface area contributed by atoms with Crippen LogP contribution in [0.1, 0.15) is 18.2 Å². The first kappa shape index (κ1) is 11.5. The van der Waals surface area contributed by atoms with Gasteiger partial charge in [0.25, 0.3) is 5.91 Å². The number of hydrogen-bond donors (Lipinski definition) is 0. The lowest BCUT2D eigenvalue weighted by Crippen LogP contribution is -2.30. The van der Waals surface area contributed by atoms with Gasteiger partial charge in [0.1, 0.15) is 5.76 Å². The fourth-order valence-corrected chi connectivity index (χ4v) is 2.21. The second kappa shape index (κ2) is 4.24. The predicted molar refractivity (Wildman–Crippen MR) is 71.2 cm³/mol. The Morgan fingerprint density at radius 2 is 2.00 bits per heavy atom. The van der Waals surface area contributed by atoms with Gasteiger partial charge in [0, 0.05) is 12.5 Å². The number of nitrogens with zero attached hydrogens (tertiary/aromatic N) is 1. The van der Waals surface area contributed by atoms with Crippen molar-refractivity contribution in [1.82, 2.24) is 0 Å². The maximum absolute atomic E-state index is 12.3. The van der Waals surface area contributed by atoms with Gasteiger partial charge in [-0.3, -0.25) is 9.59 Å². The van der Waals surface area contributed by atoms with Gasteiger partial charge in [0.05, 0.1) is 17.5 Å². The standard InChI is InChI=1S/C15H11NO3/c1-10(17)16-14-7-3-2-6-12(14)13(15(16)18)9-11-5-4-8-19-11/h2-9H,1H3/b13-9-. The lowest BCUT2D eigenvalue weighted by atomic mass is 10.1. The average Bonchev–Trinajstić information content (AvgIpc) is 2.97. The second-order valence-corrected chi connectivity index (χ2v) is 4.25. The van der Waals surface area contributed by atoms with Crippen molar-refractivity contribution in [3.63, 3.8) is 0 Å². The Labute approximate surface area is 109 Å². The third-order valence-corrected chi connectivity index (χ3v) is 3.01. The molecule has 0 unspecified atom stereocenters. The number of benzene rings is 1. The number of rotatable bonds is 1. The molecule has 3 rings (SSSR count). The Kier molecular flexibility index (Phi) is 2.56. The molecule has 2 amide bonds. The van der Waals surface area contributed by atoms with Crippen LogP contribution in [-0.4, -0.2) is 11.8 Å². The number of carbonyl (C=O) groups excluding carboxylic acids is 2. The first-order valence-electron chi connectivity index (χ1n) is 5.88. The van der Waals surface area contributed by atoms with Crippen molar-refractivity contribution >= 4 is 29.2 Å². The Bertz CT molecular complexity index is 683. The molecule has 2 aromatic rings. The van der Waals surface area contributed by atoms with Crippen molar-refractivity contribution < 1.29 is 14.0 Å². The minimum atomic E-state index is -0.315. The smallest absolute Gasteiger partial charge is 0.265 e. The highest BCUT2D eigenvalue weighted by Crippen LogP contribution is 2.37. The molecular formula is C15H11NO3. The van der Waals surface area contributed by atoms with Crippen molar-refractivity contribution in [1.29, 1.82) is 0 Å². The maximum atomic E-state index is 12.3. The molecule has 4 heteroatoms. The third-order valence-electron chi connectivity index (χ3n) is 3.01. The zero-order chi connectivity index (χ0) is 13.4. The number of fused-ring (bicyclic) bond motifs is 1. The van der Waals surface area contributed by atoms with Gasteiger partial charge in [-0.25, -0.2) is 4.90 Å². The van der Waals surface area contributed by atoms with Gasteiger partial charge in [-0.05, 0) is 24.3 Å². The second-order valence-electron chi connectivity index (χ2n) is 4.25. The number of furan rings is 1. The molecule has 0 bridgehead atoms. The lowest BCUT2D eigenvalue weighted by Gasteiger charge is -2.11. The summed E-state index contributed by atoms with van der Waals surface area (Å²) in [6.07, 6.45) is 3.20. The van der Waals surface area contributed by atoms with E-state index in [1.165, 1.54) is 11.8 Å². The van der Waals surface area contributed by atoms with E-state index in [-0.39, 0.29) is 11.8 Å². The van der Waals surface area contributed by atoms with Crippen LogP contribution in [0.4, 0.5) is 5.69 Å². The van der Waals surface area contributed by atoms with E-state index in [4.69, 9.17) is 4.42 Å². The number of anilines is 1. The highest BCUT2D eigenvalue weighted by atomic mass is 16.3. The van der Waals surface area contributed by atoms with Gasteiger partial charge in [-0.2, -0.15) is 0 Å². The molecular weight excluding hydrogens is 242 g/mol. The van der Waals surface area contributed by atoms with Gasteiger partial charge < -0.3 is 4.42 Å². The molecule has 0 N–H and O–H groups in total. The molecule has 94 valence electrons. The molecule has 1 aromatic heterocycles. The monoisotopic (exact) mass is 253 g/mol. The summed E-state index contributed by atoms with van der Waals surface area (Å²) in [7, 11) is 0. The first-order chi connectivity index (χ1) is 9.18. The van der Waals surface area contributed by atoms with Gasteiger partial charge in [-0.1, -0.05) is 18.2 Å². The van der Waals surface area contributed by atoms with E-state index in [0.717, 1.165) is 5.56 Å². The summed E-state index contributed by atoms with van der Waals surface area (Å²) in [6.45, 7) is 1.38. The third kappa shape index (κ3) is 1.78. The Balaban J connectivity index is 2.17. The number of imide groups is 1. The number of para-hydroxylation sites is 1. The van der Waals surface area contributed by atoms with Crippen molar-refractivity contribution in [2.75, 3.05) is 4.90 Å². The first-order valence-corrected chi connectivity index (χ1v) is 5.88. The molecule has 19 heavy (non-hydrogen) atoms. The fraction of sp³-hybridized carbons (Fsp3) is 0.0667. The van der Waals surface area contributed by atoms with E-state index < -0.39 is 0 Å². The van der Waals surface area contributed by atoms with Crippen LogP contribution in [0.25, 0.3) is 11.6 Å². The minimum absolute atomic E-state index is 0.291. The molecule has 1 aliphatic rings. The summed E-state index contributed by atoms with van der Waals surface area (Å²) in [5.41, 5.74) is 1.85. The Morgan fingerprint density at radius 1 is 1.21 bits per heavy atom. The van der Waals surface area contributed by atoms with Gasteiger partial charge in [0.2, 0.25) is 5.91 Å². The molecule has 0 spiro atoms. The van der Waals surface area contributed by atoms with Crippen LogP contribution in [0, 0.1) is 0 Å². The molecule has 0 saturated heterocycles. The Morgan fingerprint density at radius 3 is 2.68 bits per heavy atom. The summed E-state index contributed by atoms with van der Waals surface area (Å²) in [5.74, 6) is -0.0195. The maximum Gasteiger partial charge on any atom is 0.265 e. The molecule has 0 atom stereocenters. The van der Waals surface area contributed by atoms with Crippen molar-refractivity contribution in [3.8, 4) is 0 Å². The van der Waals surface area contributed by atoms with E-state index in [2.05, 4.69) is 0 Å². The fourth-order valence-electron chi connectivity index (χ4n) is 2.21. The topological polar surface area (TPSA) is 50.5 Å². The van der Waals surface area contributed by atoms with Crippen LogP contribution in [0.15, 0.2) is 47.1 Å². The van der Waals surface area contributed by atoms with E-state index >= 15 is 0 Å². The molecule has 0 radical (unpaired) electrons. The molecule has 0 aliphatic carbocycles. The average molecular weight is 253 g/mol. The lowest BCUT2D eigenvalue weighted by molar-refractivity contribution is -0.122. The molecule has 0 saturated carbocycles. The van der Waals surface area contributed by atoms with E-state index in [0.29, 0.717) is 17.0 Å². The molecule has 1 aromatic carbocycles. The van der Waals surface area contributed by atoms with Crippen molar-refractivity contribution in [2.45, 2.75) is 6.92 Å². The highest BCUT2D eigenvalue weighted by molar-refractivity contribution is 6.41. The molecule has 1 aliphatic heterocycles. The highest BCUT2D eigenvalue weighted by Gasteiger charge is 2.34. The van der Waals surface area contributed by atoms with Crippen LogP contribution in [-0.2, 0) is 9.59 Å². The van der Waals surface area contributed by atoms with E-state index in [1.807, 2.05) is 12.1 Å². The van der Waals surface area contributed by atoms with Crippen LogP contribution in [0.3, 0.4) is 0 Å². The largest absolute Gasteiger partial charge is 0.465 e. The SMILES string of the molecule is CC(=O)N1C(=O)/C(=C\c2ccco2)c2ccccc21. The zero-order valence-electron chi connectivity index (χ0n) is 10.3. The number of carbonyl (C=O) groups is 2. The summed E-state index contributed by atoms with van der Waals surface area (Å²) in [5, 5.41) is 0. The Hall–Kier alpha value is -2.62. The minimum Gasteiger partial charge on any atom is -0.465 e. The predicted octanol–water partition coefficient (Wildman–Crippen LogP) is 2.71.